The van der Waals surface area contributed by atoms with Gasteiger partial charge in [0.15, 0.2) is 6.29 Å². The molecule has 0 N–H and O–H groups in total. The topological polar surface area (TPSA) is 17.1 Å². The Labute approximate surface area is 95.7 Å². The van der Waals surface area contributed by atoms with Crippen LogP contribution in [0.3, 0.4) is 0 Å². The molecule has 0 saturated heterocycles. The van der Waals surface area contributed by atoms with Gasteiger partial charge in [-0.25, -0.2) is 0 Å². The molecular formula is C15H14O. The highest BCUT2D eigenvalue weighted by molar-refractivity contribution is 5.89. The fourth-order valence-corrected chi connectivity index (χ4v) is 2.07. The lowest BCUT2D eigenvalue weighted by molar-refractivity contribution is 0.112. The van der Waals surface area contributed by atoms with Crippen molar-refractivity contribution in [3.05, 3.63) is 59.2 Å². The summed E-state index contributed by atoms with van der Waals surface area (Å²) in [6, 6.07) is 13.9. The van der Waals surface area contributed by atoms with Gasteiger partial charge in [-0.1, -0.05) is 42.5 Å². The van der Waals surface area contributed by atoms with Crippen LogP contribution in [0, 0.1) is 13.8 Å². The minimum absolute atomic E-state index is 0.750. The first kappa shape index (κ1) is 10.6. The zero-order valence-corrected chi connectivity index (χ0v) is 9.53. The van der Waals surface area contributed by atoms with Gasteiger partial charge in [0.25, 0.3) is 0 Å². The standard InChI is InChI=1S/C15H14O/c1-11-6-5-7-12(2)15(11)14-9-4-3-8-13(14)10-16/h3-10H,1-2H3. The lowest BCUT2D eigenvalue weighted by atomic mass is 9.93. The third kappa shape index (κ3) is 1.76. The number of carbonyl (C=O) groups excluding carboxylic acids is 1. The Morgan fingerprint density at radius 2 is 1.50 bits per heavy atom. The third-order valence-electron chi connectivity index (χ3n) is 2.84. The van der Waals surface area contributed by atoms with Crippen LogP contribution in [0.1, 0.15) is 21.5 Å². The summed E-state index contributed by atoms with van der Waals surface area (Å²) in [5.41, 5.74) is 5.35. The maximum atomic E-state index is 11.0. The molecule has 80 valence electrons. The van der Waals surface area contributed by atoms with Crippen LogP contribution in [0.15, 0.2) is 42.5 Å². The number of rotatable bonds is 2. The summed E-state index contributed by atoms with van der Waals surface area (Å²) < 4.78 is 0. The number of carbonyl (C=O) groups is 1. The van der Waals surface area contributed by atoms with E-state index >= 15 is 0 Å². The Balaban J connectivity index is 2.72. The van der Waals surface area contributed by atoms with Crippen molar-refractivity contribution < 1.29 is 4.79 Å². The maximum Gasteiger partial charge on any atom is 0.150 e. The average molecular weight is 210 g/mol. The first-order chi connectivity index (χ1) is 7.74. The van der Waals surface area contributed by atoms with E-state index < -0.39 is 0 Å². The van der Waals surface area contributed by atoms with Crippen molar-refractivity contribution in [1.82, 2.24) is 0 Å². The molecule has 0 fully saturated rings. The van der Waals surface area contributed by atoms with Crippen LogP contribution < -0.4 is 0 Å². The van der Waals surface area contributed by atoms with Crippen molar-refractivity contribution in [2.45, 2.75) is 13.8 Å². The lowest BCUT2D eigenvalue weighted by Crippen LogP contribution is -1.92. The molecule has 0 spiro atoms. The second kappa shape index (κ2) is 4.31. The van der Waals surface area contributed by atoms with Gasteiger partial charge in [-0.2, -0.15) is 0 Å². The van der Waals surface area contributed by atoms with E-state index in [-0.39, 0.29) is 0 Å². The van der Waals surface area contributed by atoms with E-state index in [1.807, 2.05) is 30.3 Å². The molecule has 1 heteroatoms. The summed E-state index contributed by atoms with van der Waals surface area (Å²) in [6.45, 7) is 4.15. The zero-order valence-electron chi connectivity index (χ0n) is 9.53. The van der Waals surface area contributed by atoms with Crippen LogP contribution >= 0.6 is 0 Å². The minimum Gasteiger partial charge on any atom is -0.298 e. The summed E-state index contributed by atoms with van der Waals surface area (Å²) in [7, 11) is 0. The first-order valence-corrected chi connectivity index (χ1v) is 5.35. The third-order valence-corrected chi connectivity index (χ3v) is 2.84. The van der Waals surface area contributed by atoms with Crippen LogP contribution in [-0.2, 0) is 0 Å². The van der Waals surface area contributed by atoms with Gasteiger partial charge in [-0.3, -0.25) is 4.79 Å². The largest absolute Gasteiger partial charge is 0.298 e. The van der Waals surface area contributed by atoms with Gasteiger partial charge in [0.1, 0.15) is 0 Å². The molecule has 0 radical (unpaired) electrons. The number of hydrogen-bond donors (Lipinski definition) is 0. The summed E-state index contributed by atoms with van der Waals surface area (Å²) in [6.07, 6.45) is 0.918. The van der Waals surface area contributed by atoms with Gasteiger partial charge >= 0.3 is 0 Å². The van der Waals surface area contributed by atoms with Crippen molar-refractivity contribution in [3.63, 3.8) is 0 Å². The lowest BCUT2D eigenvalue weighted by Gasteiger charge is -2.11. The van der Waals surface area contributed by atoms with Crippen molar-refractivity contribution in [2.24, 2.45) is 0 Å². The summed E-state index contributed by atoms with van der Waals surface area (Å²) in [5, 5.41) is 0. The molecule has 0 atom stereocenters. The Hall–Kier alpha value is -1.89. The monoisotopic (exact) mass is 210 g/mol. The quantitative estimate of drug-likeness (QED) is 0.689. The Morgan fingerprint density at radius 1 is 0.875 bits per heavy atom. The van der Waals surface area contributed by atoms with Crippen LogP contribution in [0.5, 0.6) is 0 Å². The van der Waals surface area contributed by atoms with Crippen molar-refractivity contribution in [2.75, 3.05) is 0 Å². The molecule has 16 heavy (non-hydrogen) atoms. The molecule has 2 aromatic carbocycles. The highest BCUT2D eigenvalue weighted by Crippen LogP contribution is 2.29. The maximum absolute atomic E-state index is 11.0. The van der Waals surface area contributed by atoms with Gasteiger partial charge in [-0.15, -0.1) is 0 Å². The zero-order chi connectivity index (χ0) is 11.5. The normalized spacial score (nSPS) is 10.1. The van der Waals surface area contributed by atoms with E-state index in [1.165, 1.54) is 16.7 Å². The Morgan fingerprint density at radius 3 is 2.12 bits per heavy atom. The van der Waals surface area contributed by atoms with Crippen LogP contribution in [0.25, 0.3) is 11.1 Å². The smallest absolute Gasteiger partial charge is 0.150 e. The average Bonchev–Trinajstić information content (AvgIpc) is 2.29. The van der Waals surface area contributed by atoms with Crippen molar-refractivity contribution >= 4 is 6.29 Å². The summed E-state index contributed by atoms with van der Waals surface area (Å²) in [4.78, 5) is 11.0. The molecule has 0 aromatic heterocycles. The van der Waals surface area contributed by atoms with E-state index in [4.69, 9.17) is 0 Å². The fourth-order valence-electron chi connectivity index (χ4n) is 2.07. The molecular weight excluding hydrogens is 196 g/mol. The van der Waals surface area contributed by atoms with E-state index in [2.05, 4.69) is 26.0 Å². The number of aryl methyl sites for hydroxylation is 2. The number of aldehydes is 1. The fraction of sp³-hybridized carbons (Fsp3) is 0.133. The van der Waals surface area contributed by atoms with Crippen LogP contribution in [0.2, 0.25) is 0 Å². The van der Waals surface area contributed by atoms with Crippen molar-refractivity contribution in [3.8, 4) is 11.1 Å². The number of benzene rings is 2. The molecule has 0 aliphatic carbocycles. The Bertz CT molecular complexity index is 506. The molecule has 0 amide bonds. The SMILES string of the molecule is Cc1cccc(C)c1-c1ccccc1C=O. The van der Waals surface area contributed by atoms with Crippen molar-refractivity contribution in [1.29, 1.82) is 0 Å². The minimum atomic E-state index is 0.750. The molecule has 0 bridgehead atoms. The van der Waals surface area contributed by atoms with E-state index in [1.54, 1.807) is 0 Å². The molecule has 0 heterocycles. The van der Waals surface area contributed by atoms with Gasteiger partial charge < -0.3 is 0 Å². The second-order valence-electron chi connectivity index (χ2n) is 3.97. The predicted molar refractivity (Wildman–Crippen MR) is 66.7 cm³/mol. The highest BCUT2D eigenvalue weighted by Gasteiger charge is 2.08. The summed E-state index contributed by atoms with van der Waals surface area (Å²) in [5.74, 6) is 0. The molecule has 1 nitrogen and oxygen atoms in total. The van der Waals surface area contributed by atoms with Gasteiger partial charge in [0.2, 0.25) is 0 Å². The van der Waals surface area contributed by atoms with Crippen LogP contribution in [0.4, 0.5) is 0 Å². The van der Waals surface area contributed by atoms with Crippen LogP contribution in [-0.4, -0.2) is 6.29 Å². The van der Waals surface area contributed by atoms with Gasteiger partial charge in [0, 0.05) is 5.56 Å². The molecule has 0 aliphatic rings. The van der Waals surface area contributed by atoms with Gasteiger partial charge in [0.05, 0.1) is 0 Å². The molecule has 0 unspecified atom stereocenters. The molecule has 0 saturated carbocycles. The van der Waals surface area contributed by atoms with Gasteiger partial charge in [-0.05, 0) is 36.1 Å². The van der Waals surface area contributed by atoms with E-state index in [0.29, 0.717) is 0 Å². The molecule has 2 rings (SSSR count). The number of hydrogen-bond acceptors (Lipinski definition) is 1. The predicted octanol–water partition coefficient (Wildman–Crippen LogP) is 3.78. The molecule has 0 aliphatic heterocycles. The molecule has 2 aromatic rings. The first-order valence-electron chi connectivity index (χ1n) is 5.35. The highest BCUT2D eigenvalue weighted by atomic mass is 16.1. The second-order valence-corrected chi connectivity index (χ2v) is 3.97. The summed E-state index contributed by atoms with van der Waals surface area (Å²) >= 11 is 0. The Kier molecular flexibility index (Phi) is 2.86. The van der Waals surface area contributed by atoms with E-state index in [0.717, 1.165) is 17.4 Å². The van der Waals surface area contributed by atoms with E-state index in [9.17, 15) is 4.79 Å².